The summed E-state index contributed by atoms with van der Waals surface area (Å²) in [5, 5.41) is 0. The van der Waals surface area contributed by atoms with E-state index in [1.165, 1.54) is 0 Å². The van der Waals surface area contributed by atoms with E-state index in [0.29, 0.717) is 0 Å². The molecule has 0 aliphatic rings. The zero-order valence-corrected chi connectivity index (χ0v) is 8.22. The van der Waals surface area contributed by atoms with Crippen LogP contribution in [0.1, 0.15) is 30.1 Å². The second-order valence-electron chi connectivity index (χ2n) is 3.12. The molecule has 1 aromatic rings. The molecule has 0 aliphatic carbocycles. The van der Waals surface area contributed by atoms with Gasteiger partial charge in [0.25, 0.3) is 0 Å². The number of hydrogen-bond donors (Lipinski definition) is 0. The molecule has 4 heteroatoms. The first-order valence-corrected chi connectivity index (χ1v) is 4.54. The number of hydrogen-bond acceptors (Lipinski definition) is 2. The van der Waals surface area contributed by atoms with Gasteiger partial charge < -0.3 is 0 Å². The minimum Gasteiger partial charge on any atom is -0.299 e. The summed E-state index contributed by atoms with van der Waals surface area (Å²) in [6.07, 6.45) is -0.167. The molecule has 0 spiro atoms. The molecule has 0 fully saturated rings. The second kappa shape index (κ2) is 4.77. The lowest BCUT2D eigenvalue weighted by atomic mass is 10.0. The molecule has 2 nitrogen and oxygen atoms in total. The van der Waals surface area contributed by atoms with Crippen molar-refractivity contribution in [2.24, 2.45) is 0 Å². The van der Waals surface area contributed by atoms with Gasteiger partial charge in [-0.1, -0.05) is 6.92 Å². The van der Waals surface area contributed by atoms with Crippen LogP contribution in [0, 0.1) is 11.6 Å². The number of halogens is 2. The van der Waals surface area contributed by atoms with Crippen LogP contribution in [0.4, 0.5) is 8.78 Å². The molecule has 0 saturated carbocycles. The first-order valence-electron chi connectivity index (χ1n) is 4.54. The summed E-state index contributed by atoms with van der Waals surface area (Å²) in [5.74, 6) is -2.46. The van der Waals surface area contributed by atoms with Crippen LogP contribution in [0.15, 0.2) is 18.2 Å². The Kier molecular flexibility index (Phi) is 3.66. The molecule has 1 rings (SSSR count). The van der Waals surface area contributed by atoms with Crippen LogP contribution in [0.25, 0.3) is 0 Å². The predicted octanol–water partition coefficient (Wildman–Crippen LogP) is 2.52. The van der Waals surface area contributed by atoms with Gasteiger partial charge in [-0.15, -0.1) is 0 Å². The molecule has 1 aromatic carbocycles. The summed E-state index contributed by atoms with van der Waals surface area (Å²) in [6.45, 7) is 1.61. The molecule has 80 valence electrons. The van der Waals surface area contributed by atoms with Crippen LogP contribution >= 0.6 is 0 Å². The molecule has 0 radical (unpaired) electrons. The third-order valence-electron chi connectivity index (χ3n) is 1.98. The number of Topliss-reactive ketones (excluding diaryl/α,β-unsaturated/α-hetero) is 2. The van der Waals surface area contributed by atoms with E-state index in [4.69, 9.17) is 0 Å². The quantitative estimate of drug-likeness (QED) is 0.567. The van der Waals surface area contributed by atoms with Crippen molar-refractivity contribution in [2.75, 3.05) is 0 Å². The lowest BCUT2D eigenvalue weighted by Gasteiger charge is -2.01. The van der Waals surface area contributed by atoms with Gasteiger partial charge in [-0.2, -0.15) is 0 Å². The van der Waals surface area contributed by atoms with E-state index in [1.54, 1.807) is 6.92 Å². The normalized spacial score (nSPS) is 10.1. The van der Waals surface area contributed by atoms with Gasteiger partial charge in [-0.25, -0.2) is 8.78 Å². The second-order valence-corrected chi connectivity index (χ2v) is 3.12. The van der Waals surface area contributed by atoms with Crippen LogP contribution in [0.5, 0.6) is 0 Å². The van der Waals surface area contributed by atoms with E-state index in [1.807, 2.05) is 0 Å². The maximum Gasteiger partial charge on any atom is 0.173 e. The lowest BCUT2D eigenvalue weighted by molar-refractivity contribution is -0.117. The molecule has 0 unspecified atom stereocenters. The van der Waals surface area contributed by atoms with Gasteiger partial charge >= 0.3 is 0 Å². The van der Waals surface area contributed by atoms with Crippen LogP contribution in [-0.4, -0.2) is 11.6 Å². The average Bonchev–Trinajstić information content (AvgIpc) is 2.21. The number of carbonyl (C=O) groups is 2. The fraction of sp³-hybridized carbons (Fsp3) is 0.273. The van der Waals surface area contributed by atoms with Crippen molar-refractivity contribution in [3.63, 3.8) is 0 Å². The minimum atomic E-state index is -0.801. The highest BCUT2D eigenvalue weighted by atomic mass is 19.1. The van der Waals surface area contributed by atoms with Crippen molar-refractivity contribution >= 4 is 11.6 Å². The Balaban J connectivity index is 2.91. The molecular formula is C11H10F2O2. The molecule has 0 saturated heterocycles. The minimum absolute atomic E-state index is 0.211. The monoisotopic (exact) mass is 212 g/mol. The van der Waals surface area contributed by atoms with Gasteiger partial charge in [0.2, 0.25) is 0 Å². The highest BCUT2D eigenvalue weighted by molar-refractivity contribution is 6.07. The summed E-state index contributed by atoms with van der Waals surface area (Å²) in [5.41, 5.74) is -0.364. The third-order valence-corrected chi connectivity index (χ3v) is 1.98. The zero-order valence-electron chi connectivity index (χ0n) is 8.22. The molecule has 0 amide bonds. The summed E-state index contributed by atoms with van der Waals surface area (Å²) in [7, 11) is 0. The van der Waals surface area contributed by atoms with E-state index in [9.17, 15) is 18.4 Å². The van der Waals surface area contributed by atoms with Gasteiger partial charge in [0.1, 0.15) is 17.4 Å². The summed E-state index contributed by atoms with van der Waals surface area (Å²) in [6, 6.07) is 2.60. The van der Waals surface area contributed by atoms with Crippen LogP contribution in [0.2, 0.25) is 0 Å². The largest absolute Gasteiger partial charge is 0.299 e. The summed E-state index contributed by atoms with van der Waals surface area (Å²) in [4.78, 5) is 22.3. The fourth-order valence-corrected chi connectivity index (χ4v) is 1.11. The Hall–Kier alpha value is -1.58. The van der Waals surface area contributed by atoms with E-state index in [0.717, 1.165) is 18.2 Å². The van der Waals surface area contributed by atoms with Crippen LogP contribution < -0.4 is 0 Å². The number of carbonyl (C=O) groups excluding carboxylic acids is 2. The predicted molar refractivity (Wildman–Crippen MR) is 50.6 cm³/mol. The van der Waals surface area contributed by atoms with Gasteiger partial charge in [0.05, 0.1) is 12.0 Å². The van der Waals surface area contributed by atoms with Crippen molar-refractivity contribution < 1.29 is 18.4 Å². The molecule has 0 aliphatic heterocycles. The van der Waals surface area contributed by atoms with Crippen molar-refractivity contribution in [2.45, 2.75) is 19.8 Å². The topological polar surface area (TPSA) is 34.1 Å². The average molecular weight is 212 g/mol. The number of ketones is 2. The number of benzene rings is 1. The molecular weight excluding hydrogens is 202 g/mol. The SMILES string of the molecule is CCC(=O)CC(=O)c1cc(F)ccc1F. The maximum absolute atomic E-state index is 13.1. The van der Waals surface area contributed by atoms with Crippen molar-refractivity contribution in [3.05, 3.63) is 35.4 Å². The van der Waals surface area contributed by atoms with E-state index in [-0.39, 0.29) is 24.2 Å². The molecule has 0 N–H and O–H groups in total. The zero-order chi connectivity index (χ0) is 11.4. The van der Waals surface area contributed by atoms with Gasteiger partial charge in [0.15, 0.2) is 5.78 Å². The van der Waals surface area contributed by atoms with Crippen LogP contribution in [0.3, 0.4) is 0 Å². The summed E-state index contributed by atoms with van der Waals surface area (Å²) >= 11 is 0. The van der Waals surface area contributed by atoms with Gasteiger partial charge in [-0.05, 0) is 18.2 Å². The van der Waals surface area contributed by atoms with Crippen molar-refractivity contribution in [3.8, 4) is 0 Å². The first kappa shape index (κ1) is 11.5. The van der Waals surface area contributed by atoms with Gasteiger partial charge in [-0.3, -0.25) is 9.59 Å². The molecule has 0 heterocycles. The highest BCUT2D eigenvalue weighted by Gasteiger charge is 2.15. The smallest absolute Gasteiger partial charge is 0.173 e. The molecule has 15 heavy (non-hydrogen) atoms. The highest BCUT2D eigenvalue weighted by Crippen LogP contribution is 2.12. The van der Waals surface area contributed by atoms with E-state index >= 15 is 0 Å². The standard InChI is InChI=1S/C11H10F2O2/c1-2-8(14)6-11(15)9-5-7(12)3-4-10(9)13/h3-5H,2,6H2,1H3. The Morgan fingerprint density at radius 1 is 1.27 bits per heavy atom. The first-order chi connectivity index (χ1) is 7.04. The Labute approximate surface area is 85.9 Å². The van der Waals surface area contributed by atoms with Crippen LogP contribution in [-0.2, 0) is 4.79 Å². The molecule has 0 bridgehead atoms. The van der Waals surface area contributed by atoms with E-state index < -0.39 is 17.4 Å². The molecule has 0 aromatic heterocycles. The number of rotatable bonds is 4. The summed E-state index contributed by atoms with van der Waals surface area (Å²) < 4.78 is 25.8. The Morgan fingerprint density at radius 2 is 1.93 bits per heavy atom. The van der Waals surface area contributed by atoms with Crippen molar-refractivity contribution in [1.82, 2.24) is 0 Å². The lowest BCUT2D eigenvalue weighted by Crippen LogP contribution is -2.09. The maximum atomic E-state index is 13.1. The molecule has 0 atom stereocenters. The fourth-order valence-electron chi connectivity index (χ4n) is 1.11. The van der Waals surface area contributed by atoms with E-state index in [2.05, 4.69) is 0 Å². The Bertz CT molecular complexity index is 400. The third kappa shape index (κ3) is 2.94. The Morgan fingerprint density at radius 3 is 2.53 bits per heavy atom. The van der Waals surface area contributed by atoms with Crippen molar-refractivity contribution in [1.29, 1.82) is 0 Å². The van der Waals surface area contributed by atoms with Gasteiger partial charge in [0, 0.05) is 6.42 Å².